The molecule has 36 heavy (non-hydrogen) atoms. The smallest absolute Gasteiger partial charge is 0.195 e. The summed E-state index contributed by atoms with van der Waals surface area (Å²) in [6, 6.07) is 0.867. The third-order valence-electron chi connectivity index (χ3n) is 6.93. The number of hydrogen-bond acceptors (Lipinski definition) is 9. The Labute approximate surface area is 203 Å². The predicted molar refractivity (Wildman–Crippen MR) is 115 cm³/mol. The van der Waals surface area contributed by atoms with Crippen LogP contribution in [0, 0.1) is 17.5 Å². The van der Waals surface area contributed by atoms with Crippen LogP contribution in [0.1, 0.15) is 31.0 Å². The molecule has 194 valence electrons. The molecular formula is C22H25F3N6O5. The van der Waals surface area contributed by atoms with Gasteiger partial charge in [-0.2, -0.15) is 0 Å². The first-order valence-electron chi connectivity index (χ1n) is 11.4. The van der Waals surface area contributed by atoms with Crippen LogP contribution in [0.15, 0.2) is 24.5 Å². The highest BCUT2D eigenvalue weighted by molar-refractivity contribution is 5.58. The molecule has 1 saturated heterocycles. The topological polar surface area (TPSA) is 141 Å². The van der Waals surface area contributed by atoms with Crippen molar-refractivity contribution < 1.29 is 38.0 Å². The van der Waals surface area contributed by atoms with E-state index in [2.05, 4.69) is 20.6 Å². The molecule has 2 aliphatic rings. The monoisotopic (exact) mass is 510 g/mol. The number of methoxy groups -OCH3 is 1. The van der Waals surface area contributed by atoms with E-state index in [4.69, 9.17) is 9.47 Å². The van der Waals surface area contributed by atoms with Crippen molar-refractivity contribution in [2.24, 2.45) is 0 Å². The minimum Gasteiger partial charge on any atom is -0.394 e. The van der Waals surface area contributed by atoms with Crippen LogP contribution >= 0.6 is 0 Å². The molecule has 3 aromatic rings. The van der Waals surface area contributed by atoms with Crippen LogP contribution in [0.3, 0.4) is 0 Å². The van der Waals surface area contributed by atoms with Crippen LogP contribution in [0.5, 0.6) is 0 Å². The molecule has 14 heteroatoms. The Hall–Kier alpha value is -2.91. The molecule has 0 spiro atoms. The van der Waals surface area contributed by atoms with Crippen LogP contribution in [0.4, 0.5) is 13.2 Å². The molecule has 0 radical (unpaired) electrons. The summed E-state index contributed by atoms with van der Waals surface area (Å²) >= 11 is 0. The number of aliphatic hydroxyl groups excluding tert-OH is 2. The van der Waals surface area contributed by atoms with Gasteiger partial charge >= 0.3 is 0 Å². The molecule has 1 saturated carbocycles. The average molecular weight is 510 g/mol. The Morgan fingerprint density at radius 1 is 1.11 bits per heavy atom. The van der Waals surface area contributed by atoms with Crippen LogP contribution in [-0.2, 0) is 21.6 Å². The zero-order valence-electron chi connectivity index (χ0n) is 19.2. The number of aromatic nitrogens is 6. The highest BCUT2D eigenvalue weighted by Gasteiger charge is 2.47. The van der Waals surface area contributed by atoms with Crippen molar-refractivity contribution in [1.29, 1.82) is 0 Å². The van der Waals surface area contributed by atoms with Gasteiger partial charge in [0.15, 0.2) is 17.5 Å². The summed E-state index contributed by atoms with van der Waals surface area (Å²) in [7, 11) is 1.40. The Morgan fingerprint density at radius 3 is 2.56 bits per heavy atom. The van der Waals surface area contributed by atoms with Gasteiger partial charge in [-0.05, 0) is 31.4 Å². The Bertz CT molecular complexity index is 1230. The van der Waals surface area contributed by atoms with Gasteiger partial charge in [-0.1, -0.05) is 10.4 Å². The number of halogens is 3. The number of aliphatic hydroxyl groups is 3. The molecule has 2 aromatic heterocycles. The summed E-state index contributed by atoms with van der Waals surface area (Å²) in [6.07, 6.45) is 1.05. The summed E-state index contributed by atoms with van der Waals surface area (Å²) in [6.45, 7) is -0.410. The van der Waals surface area contributed by atoms with Crippen molar-refractivity contribution in [2.45, 2.75) is 61.9 Å². The fraction of sp³-hybridized carbons (Fsp3) is 0.545. The number of ether oxygens (including phenoxy) is 2. The molecule has 3 heterocycles. The number of hydrogen-bond donors (Lipinski definition) is 3. The minimum absolute atomic E-state index is 0.0910. The van der Waals surface area contributed by atoms with Crippen molar-refractivity contribution >= 4 is 0 Å². The third kappa shape index (κ3) is 4.18. The summed E-state index contributed by atoms with van der Waals surface area (Å²) in [5.41, 5.74) is -0.949. The highest BCUT2D eigenvalue weighted by Crippen LogP contribution is 2.40. The first-order valence-corrected chi connectivity index (χ1v) is 11.4. The Kier molecular flexibility index (Phi) is 6.55. The second kappa shape index (κ2) is 9.52. The van der Waals surface area contributed by atoms with E-state index in [0.717, 1.165) is 18.6 Å². The van der Waals surface area contributed by atoms with E-state index in [0.29, 0.717) is 18.5 Å². The first kappa shape index (κ1) is 24.8. The van der Waals surface area contributed by atoms with E-state index in [1.165, 1.54) is 22.7 Å². The van der Waals surface area contributed by atoms with Gasteiger partial charge in [0, 0.05) is 12.7 Å². The van der Waals surface area contributed by atoms with Crippen molar-refractivity contribution in [3.8, 4) is 11.3 Å². The van der Waals surface area contributed by atoms with Gasteiger partial charge in [-0.25, -0.2) is 22.5 Å². The SMILES string of the molecule is CO[C@@H]1[C@@H](n2cc(-c3ccc(F)c(F)c3F)nn2)[C@@H](O)[C@@H](CO)O[C@@H]1Cn1cc(C2(O)CCC2)nn1. The van der Waals surface area contributed by atoms with Crippen molar-refractivity contribution in [2.75, 3.05) is 13.7 Å². The fourth-order valence-electron chi connectivity index (χ4n) is 4.74. The molecule has 1 aliphatic heterocycles. The molecule has 0 amide bonds. The van der Waals surface area contributed by atoms with Crippen LogP contribution < -0.4 is 0 Å². The molecule has 1 aromatic carbocycles. The predicted octanol–water partition coefficient (Wildman–Crippen LogP) is 0.702. The van der Waals surface area contributed by atoms with Gasteiger partial charge < -0.3 is 24.8 Å². The zero-order valence-corrected chi connectivity index (χ0v) is 19.2. The lowest BCUT2D eigenvalue weighted by Gasteiger charge is -2.43. The average Bonchev–Trinajstić information content (AvgIpc) is 3.52. The molecule has 5 atom stereocenters. The Morgan fingerprint density at radius 2 is 1.89 bits per heavy atom. The lowest BCUT2D eigenvalue weighted by Crippen LogP contribution is -2.57. The van der Waals surface area contributed by atoms with Gasteiger partial charge in [-0.15, -0.1) is 10.2 Å². The van der Waals surface area contributed by atoms with Crippen molar-refractivity contribution in [3.63, 3.8) is 0 Å². The number of benzene rings is 1. The first-order chi connectivity index (χ1) is 17.3. The van der Waals surface area contributed by atoms with Crippen molar-refractivity contribution in [3.05, 3.63) is 47.7 Å². The van der Waals surface area contributed by atoms with E-state index < -0.39 is 60.1 Å². The summed E-state index contributed by atoms with van der Waals surface area (Å²) in [5.74, 6) is -4.39. The molecule has 1 aliphatic carbocycles. The normalized spacial score (nSPS) is 27.7. The lowest BCUT2D eigenvalue weighted by atomic mass is 9.78. The maximum Gasteiger partial charge on any atom is 0.195 e. The molecule has 3 N–H and O–H groups in total. The second-order valence-corrected chi connectivity index (χ2v) is 9.09. The van der Waals surface area contributed by atoms with Gasteiger partial charge in [0.1, 0.15) is 47.4 Å². The zero-order chi connectivity index (χ0) is 25.6. The minimum atomic E-state index is -1.64. The molecule has 0 unspecified atom stereocenters. The lowest BCUT2D eigenvalue weighted by molar-refractivity contribution is -0.216. The summed E-state index contributed by atoms with van der Waals surface area (Å²) < 4.78 is 55.6. The largest absolute Gasteiger partial charge is 0.394 e. The molecule has 11 nitrogen and oxygen atoms in total. The number of rotatable bonds is 7. The quantitative estimate of drug-likeness (QED) is 0.392. The Balaban J connectivity index is 1.43. The third-order valence-corrected chi connectivity index (χ3v) is 6.93. The van der Waals surface area contributed by atoms with Crippen LogP contribution in [-0.4, -0.2) is 83.4 Å². The van der Waals surface area contributed by atoms with E-state index in [1.54, 1.807) is 6.20 Å². The van der Waals surface area contributed by atoms with E-state index in [-0.39, 0.29) is 17.8 Å². The molecule has 0 bridgehead atoms. The van der Waals surface area contributed by atoms with Gasteiger partial charge in [0.25, 0.3) is 0 Å². The van der Waals surface area contributed by atoms with E-state index >= 15 is 0 Å². The number of nitrogens with zero attached hydrogens (tertiary/aromatic N) is 6. The molecular weight excluding hydrogens is 485 g/mol. The van der Waals surface area contributed by atoms with Gasteiger partial charge in [-0.3, -0.25) is 0 Å². The maximum atomic E-state index is 14.3. The highest BCUT2D eigenvalue weighted by atomic mass is 19.2. The summed E-state index contributed by atoms with van der Waals surface area (Å²) in [4.78, 5) is 0. The second-order valence-electron chi connectivity index (χ2n) is 9.09. The van der Waals surface area contributed by atoms with Gasteiger partial charge in [0.05, 0.1) is 25.5 Å². The standard InChI is InChI=1S/C22H25F3N6O5/c1-35-21-14(8-30-9-16(27-28-30)22(34)5-2-6-22)36-15(10-32)20(33)19(21)31-7-13(26-29-31)11-3-4-12(23)18(25)17(11)24/h3-4,7,9,14-15,19-21,32-34H,2,5-6,8,10H2,1H3/t14-,15-,19+,20+,21+/m1/s1. The molecule has 2 fully saturated rings. The maximum absolute atomic E-state index is 14.3. The van der Waals surface area contributed by atoms with Crippen molar-refractivity contribution in [1.82, 2.24) is 30.0 Å². The van der Waals surface area contributed by atoms with E-state index in [1.807, 2.05) is 0 Å². The van der Waals surface area contributed by atoms with Crippen LogP contribution in [0.25, 0.3) is 11.3 Å². The van der Waals surface area contributed by atoms with Crippen LogP contribution in [0.2, 0.25) is 0 Å². The fourth-order valence-corrected chi connectivity index (χ4v) is 4.74. The molecule has 5 rings (SSSR count). The van der Waals surface area contributed by atoms with Gasteiger partial charge in [0.2, 0.25) is 0 Å². The van der Waals surface area contributed by atoms with E-state index in [9.17, 15) is 28.5 Å². The summed E-state index contributed by atoms with van der Waals surface area (Å²) in [5, 5.41) is 47.2.